The highest BCUT2D eigenvalue weighted by atomic mass is 16.6. The first-order chi connectivity index (χ1) is 25.0. The largest absolute Gasteiger partial charge is 0.462 e. The molecule has 0 aromatic heterocycles. The van der Waals surface area contributed by atoms with Crippen molar-refractivity contribution in [2.24, 2.45) is 0 Å². The van der Waals surface area contributed by atoms with Gasteiger partial charge in [0.25, 0.3) is 0 Å². The van der Waals surface area contributed by atoms with E-state index >= 15 is 0 Å². The number of esters is 3. The number of carbonyl (C=O) groups is 3. The second-order valence-corrected chi connectivity index (χ2v) is 14.2. The Morgan fingerprint density at radius 3 is 1.25 bits per heavy atom. The Morgan fingerprint density at radius 2 is 0.784 bits per heavy atom. The minimum atomic E-state index is -0.775. The number of unbranched alkanes of at least 4 members (excludes halogenated alkanes) is 21. The van der Waals surface area contributed by atoms with Crippen molar-refractivity contribution in [3.63, 3.8) is 0 Å². The van der Waals surface area contributed by atoms with Gasteiger partial charge in [-0.05, 0) is 64.2 Å². The SMILES string of the molecule is CC/C=C\C/C=C\CCCCCCCC(=O)OCC(COC(=O)CCCCCCCCCCCC)OC(=O)CCCCCCC/C=C\CCCC. The first kappa shape index (κ1) is 48.6. The predicted octanol–water partition coefficient (Wildman–Crippen LogP) is 13.4. The molecule has 0 aliphatic rings. The van der Waals surface area contributed by atoms with Gasteiger partial charge < -0.3 is 14.2 Å². The standard InChI is InChI=1S/C45H80O6/c1-4-7-10-13-16-19-22-24-26-29-32-35-38-44(47)50-41-42(40-49-43(46)37-34-31-28-25-21-18-15-12-9-6-3)51-45(48)39-36-33-30-27-23-20-17-14-11-8-5-2/h7,10,14,16-17,19,42H,4-6,8-9,11-13,15,18,20-41H2,1-3H3/b10-7-,17-14-,19-16-. The highest BCUT2D eigenvalue weighted by Crippen LogP contribution is 2.14. The maximum Gasteiger partial charge on any atom is 0.306 e. The third kappa shape index (κ3) is 38.7. The molecule has 0 N–H and O–H groups in total. The lowest BCUT2D eigenvalue weighted by molar-refractivity contribution is -0.167. The van der Waals surface area contributed by atoms with Crippen LogP contribution in [0.2, 0.25) is 0 Å². The van der Waals surface area contributed by atoms with Crippen LogP contribution in [0, 0.1) is 0 Å². The minimum Gasteiger partial charge on any atom is -0.462 e. The van der Waals surface area contributed by atoms with Crippen molar-refractivity contribution < 1.29 is 28.6 Å². The maximum absolute atomic E-state index is 12.7. The lowest BCUT2D eigenvalue weighted by Crippen LogP contribution is -2.30. The van der Waals surface area contributed by atoms with Gasteiger partial charge in [-0.2, -0.15) is 0 Å². The second kappa shape index (κ2) is 40.4. The van der Waals surface area contributed by atoms with E-state index in [-0.39, 0.29) is 31.1 Å². The number of rotatable bonds is 38. The maximum atomic E-state index is 12.7. The third-order valence-corrected chi connectivity index (χ3v) is 9.13. The van der Waals surface area contributed by atoms with E-state index in [0.717, 1.165) is 96.3 Å². The zero-order valence-corrected chi connectivity index (χ0v) is 33.6. The van der Waals surface area contributed by atoms with Gasteiger partial charge in [0.05, 0.1) is 0 Å². The van der Waals surface area contributed by atoms with Crippen LogP contribution >= 0.6 is 0 Å². The smallest absolute Gasteiger partial charge is 0.306 e. The molecule has 0 aliphatic carbocycles. The Hall–Kier alpha value is -2.37. The normalized spacial score (nSPS) is 12.3. The predicted molar refractivity (Wildman–Crippen MR) is 215 cm³/mol. The van der Waals surface area contributed by atoms with Crippen LogP contribution in [0.5, 0.6) is 0 Å². The fourth-order valence-electron chi connectivity index (χ4n) is 5.87. The fourth-order valence-corrected chi connectivity index (χ4v) is 5.87. The molecule has 1 atom stereocenters. The van der Waals surface area contributed by atoms with E-state index in [1.54, 1.807) is 0 Å². The van der Waals surface area contributed by atoms with Gasteiger partial charge in [0, 0.05) is 19.3 Å². The Bertz CT molecular complexity index is 876. The average molecular weight is 717 g/mol. The number of hydrogen-bond acceptors (Lipinski definition) is 6. The van der Waals surface area contributed by atoms with Crippen LogP contribution in [0.1, 0.15) is 213 Å². The molecular formula is C45H80O6. The summed E-state index contributed by atoms with van der Waals surface area (Å²) in [5.74, 6) is -0.907. The number of hydrogen-bond donors (Lipinski definition) is 0. The molecule has 1 unspecified atom stereocenters. The first-order valence-electron chi connectivity index (χ1n) is 21.5. The monoisotopic (exact) mass is 717 g/mol. The van der Waals surface area contributed by atoms with Crippen LogP contribution in [0.25, 0.3) is 0 Å². The van der Waals surface area contributed by atoms with Gasteiger partial charge >= 0.3 is 17.9 Å². The zero-order chi connectivity index (χ0) is 37.3. The lowest BCUT2D eigenvalue weighted by atomic mass is 10.1. The molecule has 6 heteroatoms. The van der Waals surface area contributed by atoms with Crippen molar-refractivity contribution in [2.75, 3.05) is 13.2 Å². The molecule has 296 valence electrons. The molecule has 51 heavy (non-hydrogen) atoms. The number of carbonyl (C=O) groups excluding carboxylic acids is 3. The first-order valence-corrected chi connectivity index (χ1v) is 21.5. The summed E-state index contributed by atoms with van der Waals surface area (Å²) in [5, 5.41) is 0. The number of ether oxygens (including phenoxy) is 3. The van der Waals surface area contributed by atoms with Gasteiger partial charge in [0.15, 0.2) is 6.10 Å². The Morgan fingerprint density at radius 1 is 0.412 bits per heavy atom. The Labute approximate surface area is 315 Å². The van der Waals surface area contributed by atoms with Gasteiger partial charge in [-0.1, -0.05) is 166 Å². The highest BCUT2D eigenvalue weighted by Gasteiger charge is 2.19. The highest BCUT2D eigenvalue weighted by molar-refractivity contribution is 5.71. The van der Waals surface area contributed by atoms with Gasteiger partial charge in [0.1, 0.15) is 13.2 Å². The molecule has 0 heterocycles. The van der Waals surface area contributed by atoms with Crippen LogP contribution < -0.4 is 0 Å². The zero-order valence-electron chi connectivity index (χ0n) is 33.6. The molecule has 6 nitrogen and oxygen atoms in total. The summed E-state index contributed by atoms with van der Waals surface area (Å²) in [6, 6.07) is 0. The molecule has 0 saturated heterocycles. The van der Waals surface area contributed by atoms with Gasteiger partial charge in [-0.3, -0.25) is 14.4 Å². The van der Waals surface area contributed by atoms with E-state index in [4.69, 9.17) is 14.2 Å². The van der Waals surface area contributed by atoms with Gasteiger partial charge in [0.2, 0.25) is 0 Å². The van der Waals surface area contributed by atoms with E-state index in [1.165, 1.54) is 77.0 Å². The van der Waals surface area contributed by atoms with E-state index < -0.39 is 6.10 Å². The van der Waals surface area contributed by atoms with Crippen LogP contribution in [-0.2, 0) is 28.6 Å². The molecule has 0 spiro atoms. The third-order valence-electron chi connectivity index (χ3n) is 9.13. The summed E-state index contributed by atoms with van der Waals surface area (Å²) < 4.78 is 16.6. The minimum absolute atomic E-state index is 0.0786. The summed E-state index contributed by atoms with van der Waals surface area (Å²) in [7, 11) is 0. The molecule has 0 aromatic rings. The van der Waals surface area contributed by atoms with Crippen LogP contribution in [0.4, 0.5) is 0 Å². The fraction of sp³-hybridized carbons (Fsp3) is 0.800. The molecule has 0 rings (SSSR count). The van der Waals surface area contributed by atoms with Gasteiger partial charge in [-0.25, -0.2) is 0 Å². The topological polar surface area (TPSA) is 78.9 Å². The number of allylic oxidation sites excluding steroid dienone is 6. The van der Waals surface area contributed by atoms with Crippen molar-refractivity contribution in [2.45, 2.75) is 219 Å². The van der Waals surface area contributed by atoms with E-state index in [1.807, 2.05) is 0 Å². The molecule has 0 aromatic carbocycles. The Balaban J connectivity index is 4.40. The van der Waals surface area contributed by atoms with Crippen molar-refractivity contribution in [1.29, 1.82) is 0 Å². The molecule has 0 amide bonds. The summed E-state index contributed by atoms with van der Waals surface area (Å²) in [4.78, 5) is 37.6. The van der Waals surface area contributed by atoms with Crippen LogP contribution in [-0.4, -0.2) is 37.2 Å². The van der Waals surface area contributed by atoms with E-state index in [0.29, 0.717) is 19.3 Å². The molecule has 0 fully saturated rings. The van der Waals surface area contributed by atoms with Crippen molar-refractivity contribution >= 4 is 17.9 Å². The summed E-state index contributed by atoms with van der Waals surface area (Å²) in [6.07, 6.45) is 44.1. The van der Waals surface area contributed by atoms with Gasteiger partial charge in [-0.15, -0.1) is 0 Å². The van der Waals surface area contributed by atoms with E-state index in [9.17, 15) is 14.4 Å². The van der Waals surface area contributed by atoms with Crippen LogP contribution in [0.3, 0.4) is 0 Å². The van der Waals surface area contributed by atoms with Crippen molar-refractivity contribution in [3.05, 3.63) is 36.5 Å². The Kier molecular flexibility index (Phi) is 38.5. The van der Waals surface area contributed by atoms with E-state index in [2.05, 4.69) is 57.2 Å². The summed E-state index contributed by atoms with van der Waals surface area (Å²) >= 11 is 0. The van der Waals surface area contributed by atoms with Crippen LogP contribution in [0.15, 0.2) is 36.5 Å². The molecular weight excluding hydrogens is 636 g/mol. The van der Waals surface area contributed by atoms with Crippen molar-refractivity contribution in [3.8, 4) is 0 Å². The molecule has 0 aliphatic heterocycles. The second-order valence-electron chi connectivity index (χ2n) is 14.2. The quantitative estimate of drug-likeness (QED) is 0.0274. The van der Waals surface area contributed by atoms with Crippen molar-refractivity contribution in [1.82, 2.24) is 0 Å². The summed E-state index contributed by atoms with van der Waals surface area (Å²) in [6.45, 7) is 6.44. The summed E-state index contributed by atoms with van der Waals surface area (Å²) in [5.41, 5.74) is 0. The molecule has 0 bridgehead atoms. The lowest BCUT2D eigenvalue weighted by Gasteiger charge is -2.18. The molecule has 0 radical (unpaired) electrons. The average Bonchev–Trinajstić information content (AvgIpc) is 3.12. The molecule has 0 saturated carbocycles.